The van der Waals surface area contributed by atoms with Crippen LogP contribution in [-0.4, -0.2) is 30.1 Å². The molecule has 0 saturated carbocycles. The number of anilines is 1. The molecule has 0 heterocycles. The minimum absolute atomic E-state index is 0.0718. The van der Waals surface area contributed by atoms with E-state index in [4.69, 9.17) is 4.74 Å². The van der Waals surface area contributed by atoms with Crippen molar-refractivity contribution in [1.82, 2.24) is 5.32 Å². The van der Waals surface area contributed by atoms with Crippen molar-refractivity contribution in [2.75, 3.05) is 18.1 Å². The maximum Gasteiger partial charge on any atom is 0.255 e. The third kappa shape index (κ3) is 6.09. The molecule has 4 aromatic rings. The van der Waals surface area contributed by atoms with E-state index in [1.54, 1.807) is 17.0 Å². The topological polar surface area (TPSA) is 78.9 Å². The van der Waals surface area contributed by atoms with Crippen LogP contribution in [0.25, 0.3) is 10.8 Å². The molecule has 190 valence electrons. The van der Waals surface area contributed by atoms with Gasteiger partial charge >= 0.3 is 0 Å². The Bertz CT molecular complexity index is 1420. The zero-order valence-corrected chi connectivity index (χ0v) is 21.5. The molecule has 0 aliphatic rings. The summed E-state index contributed by atoms with van der Waals surface area (Å²) in [4.78, 5) is 27.2. The summed E-state index contributed by atoms with van der Waals surface area (Å²) in [6.07, 6.45) is 0.617. The van der Waals surface area contributed by atoms with Gasteiger partial charge in [0.25, 0.3) is 5.91 Å². The summed E-state index contributed by atoms with van der Waals surface area (Å²) in [6, 6.07) is 24.5. The molecule has 0 aliphatic heterocycles. The lowest BCUT2D eigenvalue weighted by Gasteiger charge is -2.23. The van der Waals surface area contributed by atoms with Gasteiger partial charge in [-0.2, -0.15) is 0 Å². The van der Waals surface area contributed by atoms with Crippen molar-refractivity contribution in [3.8, 4) is 11.5 Å². The lowest BCUT2D eigenvalue weighted by molar-refractivity contribution is -0.116. The Hall–Kier alpha value is -4.32. The summed E-state index contributed by atoms with van der Waals surface area (Å²) >= 11 is 0. The molecule has 0 saturated heterocycles. The average molecular weight is 497 g/mol. The monoisotopic (exact) mass is 496 g/mol. The molecule has 4 rings (SSSR count). The quantitative estimate of drug-likeness (QED) is 0.282. The van der Waals surface area contributed by atoms with Gasteiger partial charge in [0, 0.05) is 24.5 Å². The molecule has 6 heteroatoms. The van der Waals surface area contributed by atoms with E-state index < -0.39 is 0 Å². The molecule has 4 aromatic carbocycles. The fourth-order valence-corrected chi connectivity index (χ4v) is 4.41. The van der Waals surface area contributed by atoms with Crippen LogP contribution >= 0.6 is 0 Å². The number of rotatable bonds is 9. The largest absolute Gasteiger partial charge is 0.506 e. The van der Waals surface area contributed by atoms with Crippen molar-refractivity contribution in [3.05, 3.63) is 101 Å². The number of nitrogens with one attached hydrogen (secondary N) is 1. The smallest absolute Gasteiger partial charge is 0.255 e. The zero-order valence-electron chi connectivity index (χ0n) is 21.5. The van der Waals surface area contributed by atoms with Gasteiger partial charge in [0.1, 0.15) is 11.5 Å². The lowest BCUT2D eigenvalue weighted by Crippen LogP contribution is -2.29. The molecule has 0 radical (unpaired) electrons. The van der Waals surface area contributed by atoms with Gasteiger partial charge in [-0.05, 0) is 61.0 Å². The molecule has 6 nitrogen and oxygen atoms in total. The zero-order chi connectivity index (χ0) is 26.4. The van der Waals surface area contributed by atoms with Crippen molar-refractivity contribution in [2.45, 2.75) is 33.7 Å². The number of nitrogens with zero attached hydrogens (tertiary/aromatic N) is 1. The van der Waals surface area contributed by atoms with E-state index in [2.05, 4.69) is 11.4 Å². The number of para-hydroxylation sites is 1. The van der Waals surface area contributed by atoms with E-state index >= 15 is 0 Å². The highest BCUT2D eigenvalue weighted by Crippen LogP contribution is 2.33. The van der Waals surface area contributed by atoms with Gasteiger partial charge in [0.05, 0.1) is 18.7 Å². The number of benzene rings is 4. The summed E-state index contributed by atoms with van der Waals surface area (Å²) in [5.74, 6) is 0.280. The highest BCUT2D eigenvalue weighted by molar-refractivity contribution is 6.05. The van der Waals surface area contributed by atoms with Gasteiger partial charge in [-0.15, -0.1) is 0 Å². The fourth-order valence-electron chi connectivity index (χ4n) is 4.41. The second kappa shape index (κ2) is 11.6. The van der Waals surface area contributed by atoms with Crippen molar-refractivity contribution in [3.63, 3.8) is 0 Å². The first-order chi connectivity index (χ1) is 17.8. The number of hydrogen-bond acceptors (Lipinski definition) is 4. The Morgan fingerprint density at radius 2 is 1.62 bits per heavy atom. The molecule has 0 atom stereocenters. The lowest BCUT2D eigenvalue weighted by atomic mass is 9.98. The third-order valence-electron chi connectivity index (χ3n) is 6.32. The van der Waals surface area contributed by atoms with Crippen LogP contribution in [0.5, 0.6) is 11.5 Å². The van der Waals surface area contributed by atoms with E-state index in [1.807, 2.05) is 74.5 Å². The van der Waals surface area contributed by atoms with E-state index in [0.29, 0.717) is 25.0 Å². The molecule has 0 unspecified atom stereocenters. The molecule has 2 N–H and O–H groups in total. The van der Waals surface area contributed by atoms with Gasteiger partial charge < -0.3 is 20.1 Å². The van der Waals surface area contributed by atoms with Crippen molar-refractivity contribution in [2.24, 2.45) is 0 Å². The molecular weight excluding hydrogens is 464 g/mol. The Morgan fingerprint density at radius 1 is 0.919 bits per heavy atom. The van der Waals surface area contributed by atoms with E-state index in [1.165, 1.54) is 12.5 Å². The SMILES string of the molecule is CC(=O)N(Cc1cc(C(=O)NCCCOc2ccc(C)cc2C)c(O)c2ccccc12)c1ccccc1. The van der Waals surface area contributed by atoms with Crippen molar-refractivity contribution in [1.29, 1.82) is 0 Å². The number of hydrogen-bond donors (Lipinski definition) is 2. The molecule has 2 amide bonds. The van der Waals surface area contributed by atoms with Crippen LogP contribution in [0.4, 0.5) is 5.69 Å². The molecule has 0 aliphatic carbocycles. The van der Waals surface area contributed by atoms with Crippen LogP contribution in [0.1, 0.15) is 40.4 Å². The van der Waals surface area contributed by atoms with Crippen molar-refractivity contribution < 1.29 is 19.4 Å². The number of amides is 2. The first-order valence-electron chi connectivity index (χ1n) is 12.4. The third-order valence-corrected chi connectivity index (χ3v) is 6.32. The molecule has 37 heavy (non-hydrogen) atoms. The predicted molar refractivity (Wildman–Crippen MR) is 147 cm³/mol. The average Bonchev–Trinajstić information content (AvgIpc) is 2.89. The number of ether oxygens (including phenoxy) is 1. The first-order valence-corrected chi connectivity index (χ1v) is 12.4. The molecule has 0 aromatic heterocycles. The minimum atomic E-state index is -0.370. The Balaban J connectivity index is 1.50. The van der Waals surface area contributed by atoms with Gasteiger partial charge in [-0.25, -0.2) is 0 Å². The van der Waals surface area contributed by atoms with Crippen LogP contribution in [0.3, 0.4) is 0 Å². The van der Waals surface area contributed by atoms with Crippen LogP contribution in [0.2, 0.25) is 0 Å². The number of aromatic hydroxyl groups is 1. The van der Waals surface area contributed by atoms with Crippen LogP contribution in [-0.2, 0) is 11.3 Å². The second-order valence-corrected chi connectivity index (χ2v) is 9.15. The number of aryl methyl sites for hydroxylation is 2. The highest BCUT2D eigenvalue weighted by Gasteiger charge is 2.20. The maximum absolute atomic E-state index is 13.1. The van der Waals surface area contributed by atoms with E-state index in [-0.39, 0.29) is 29.7 Å². The number of carbonyl (C=O) groups excluding carboxylic acids is 2. The van der Waals surface area contributed by atoms with Crippen LogP contribution in [0, 0.1) is 13.8 Å². The number of carbonyl (C=O) groups is 2. The normalized spacial score (nSPS) is 10.8. The summed E-state index contributed by atoms with van der Waals surface area (Å²) in [5.41, 5.74) is 3.98. The fraction of sp³-hybridized carbons (Fsp3) is 0.226. The molecule has 0 fully saturated rings. The minimum Gasteiger partial charge on any atom is -0.506 e. The standard InChI is InChI=1S/C31H32N2O4/c1-21-14-15-29(22(2)18-21)37-17-9-16-32-31(36)28-19-24(26-12-7-8-13-27(26)30(28)35)20-33(23(3)34)25-10-5-4-6-11-25/h4-8,10-15,18-19,35H,9,16-17,20H2,1-3H3,(H,32,36). The summed E-state index contributed by atoms with van der Waals surface area (Å²) < 4.78 is 5.85. The Morgan fingerprint density at radius 3 is 2.32 bits per heavy atom. The van der Waals surface area contributed by atoms with Crippen LogP contribution in [0.15, 0.2) is 78.9 Å². The Kier molecular flexibility index (Phi) is 8.08. The van der Waals surface area contributed by atoms with Gasteiger partial charge in [-0.3, -0.25) is 9.59 Å². The first kappa shape index (κ1) is 25.8. The van der Waals surface area contributed by atoms with Gasteiger partial charge in [0.15, 0.2) is 0 Å². The second-order valence-electron chi connectivity index (χ2n) is 9.15. The Labute approximate surface area is 217 Å². The summed E-state index contributed by atoms with van der Waals surface area (Å²) in [5, 5.41) is 15.2. The summed E-state index contributed by atoms with van der Waals surface area (Å²) in [7, 11) is 0. The predicted octanol–water partition coefficient (Wildman–Crippen LogP) is 5.91. The molecule has 0 bridgehead atoms. The van der Waals surface area contributed by atoms with Gasteiger partial charge in [0.2, 0.25) is 5.91 Å². The summed E-state index contributed by atoms with van der Waals surface area (Å²) in [6.45, 7) is 6.70. The number of fused-ring (bicyclic) bond motifs is 1. The molecular formula is C31H32N2O4. The van der Waals surface area contributed by atoms with Gasteiger partial charge in [-0.1, -0.05) is 60.2 Å². The van der Waals surface area contributed by atoms with E-state index in [0.717, 1.165) is 28.0 Å². The van der Waals surface area contributed by atoms with E-state index in [9.17, 15) is 14.7 Å². The van der Waals surface area contributed by atoms with Crippen molar-refractivity contribution >= 4 is 28.3 Å². The number of phenols is 1. The number of phenolic OH excluding ortho intramolecular Hbond substituents is 1. The maximum atomic E-state index is 13.1. The molecule has 0 spiro atoms. The van der Waals surface area contributed by atoms with Crippen LogP contribution < -0.4 is 15.0 Å². The highest BCUT2D eigenvalue weighted by atomic mass is 16.5.